The molecular formula is C27H33N3O2. The molecule has 0 unspecified atom stereocenters. The second kappa shape index (κ2) is 6.88. The van der Waals surface area contributed by atoms with E-state index in [-0.39, 0.29) is 22.5 Å². The number of anilines is 1. The van der Waals surface area contributed by atoms with Crippen molar-refractivity contribution < 1.29 is 9.53 Å². The predicted molar refractivity (Wildman–Crippen MR) is 125 cm³/mol. The van der Waals surface area contributed by atoms with Crippen molar-refractivity contribution >= 4 is 11.6 Å². The van der Waals surface area contributed by atoms with Crippen molar-refractivity contribution in [3.63, 3.8) is 0 Å². The smallest absolute Gasteiger partial charge is 0.251 e. The number of fused-ring (bicyclic) bond motifs is 1. The molecular weight excluding hydrogens is 398 g/mol. The van der Waals surface area contributed by atoms with Crippen molar-refractivity contribution in [3.8, 4) is 0 Å². The van der Waals surface area contributed by atoms with Gasteiger partial charge in [0.15, 0.2) is 0 Å². The minimum atomic E-state index is -0.252. The largest absolute Gasteiger partial charge is 0.359 e. The molecule has 1 amide bonds. The molecule has 2 fully saturated rings. The average molecular weight is 432 g/mol. The maximum Gasteiger partial charge on any atom is 0.251 e. The number of carbonyl (C=O) groups is 1. The summed E-state index contributed by atoms with van der Waals surface area (Å²) in [4.78, 5) is 19.8. The van der Waals surface area contributed by atoms with E-state index in [1.54, 1.807) is 12.4 Å². The van der Waals surface area contributed by atoms with Gasteiger partial charge in [0.05, 0.1) is 23.1 Å². The third-order valence-corrected chi connectivity index (χ3v) is 9.14. The Morgan fingerprint density at radius 2 is 2.16 bits per heavy atom. The van der Waals surface area contributed by atoms with Gasteiger partial charge in [0.1, 0.15) is 0 Å². The standard InChI is InChI=1S/C27H33N3O2/c1-25-11-10-19-15-18-6-7-21(30(2)3)16-26(18)12-13-27(19,32-26)23(25)9-8-22(25)24(31)29-20-5-4-14-28-17-20/h4-5,8,10,14-15,17,21,23H,6-7,9,11-13,16H2,1-3H3,(H,29,31)/t21-,23+,25+,26+,27+/m0/s1. The van der Waals surface area contributed by atoms with Crippen LogP contribution >= 0.6 is 0 Å². The first-order chi connectivity index (χ1) is 15.4. The molecule has 3 aliphatic carbocycles. The average Bonchev–Trinajstić information content (AvgIpc) is 3.29. The van der Waals surface area contributed by atoms with Gasteiger partial charge in [0, 0.05) is 29.1 Å². The quantitative estimate of drug-likeness (QED) is 0.757. The topological polar surface area (TPSA) is 54.5 Å². The van der Waals surface area contributed by atoms with Crippen LogP contribution in [0.1, 0.15) is 51.9 Å². The van der Waals surface area contributed by atoms with Crippen LogP contribution in [-0.4, -0.2) is 47.1 Å². The minimum absolute atomic E-state index is 0.00124. The Morgan fingerprint density at radius 1 is 1.28 bits per heavy atom. The molecule has 3 heterocycles. The second-order valence-corrected chi connectivity index (χ2v) is 10.9. The summed E-state index contributed by atoms with van der Waals surface area (Å²) in [6, 6.07) is 4.31. The van der Waals surface area contributed by atoms with Crippen LogP contribution in [-0.2, 0) is 9.53 Å². The van der Waals surface area contributed by atoms with Crippen molar-refractivity contribution in [3.05, 3.63) is 59.5 Å². The predicted octanol–water partition coefficient (Wildman–Crippen LogP) is 4.64. The molecule has 6 rings (SSSR count). The SMILES string of the molecule is CN(C)[C@H]1CCC2=CC3=CC[C@]4(C)C(C(=O)Nc5cccnc5)=CC[C@H]4[C@@]34CC[C@]2(C1)O4. The number of nitrogens with zero attached hydrogens (tertiary/aromatic N) is 2. The normalized spacial score (nSPS) is 39.4. The number of amides is 1. The van der Waals surface area contributed by atoms with Gasteiger partial charge in [-0.15, -0.1) is 0 Å². The molecule has 168 valence electrons. The first-order valence-electron chi connectivity index (χ1n) is 12.1. The monoisotopic (exact) mass is 431 g/mol. The van der Waals surface area contributed by atoms with Crippen molar-refractivity contribution in [1.29, 1.82) is 0 Å². The Kier molecular flexibility index (Phi) is 4.38. The zero-order valence-electron chi connectivity index (χ0n) is 19.4. The van der Waals surface area contributed by atoms with Crippen LogP contribution in [0.2, 0.25) is 0 Å². The van der Waals surface area contributed by atoms with Crippen LogP contribution in [0.4, 0.5) is 5.69 Å². The van der Waals surface area contributed by atoms with E-state index in [0.29, 0.717) is 12.0 Å². The van der Waals surface area contributed by atoms with E-state index in [4.69, 9.17) is 4.74 Å². The zero-order chi connectivity index (χ0) is 22.1. The van der Waals surface area contributed by atoms with Gasteiger partial charge in [-0.05, 0) is 82.3 Å². The lowest BCUT2D eigenvalue weighted by atomic mass is 9.59. The molecule has 1 N–H and O–H groups in total. The van der Waals surface area contributed by atoms with Gasteiger partial charge in [-0.2, -0.15) is 0 Å². The number of nitrogens with one attached hydrogen (secondary N) is 1. The molecule has 0 radical (unpaired) electrons. The van der Waals surface area contributed by atoms with E-state index in [0.717, 1.165) is 49.8 Å². The van der Waals surface area contributed by atoms with Crippen LogP contribution in [0.15, 0.2) is 59.5 Å². The van der Waals surface area contributed by atoms with Crippen molar-refractivity contribution in [1.82, 2.24) is 9.88 Å². The van der Waals surface area contributed by atoms with Crippen molar-refractivity contribution in [2.24, 2.45) is 11.3 Å². The Balaban J connectivity index is 1.32. The van der Waals surface area contributed by atoms with Crippen LogP contribution in [0.25, 0.3) is 0 Å². The number of rotatable bonds is 3. The molecule has 5 aliphatic rings. The van der Waals surface area contributed by atoms with Gasteiger partial charge in [0.2, 0.25) is 0 Å². The molecule has 32 heavy (non-hydrogen) atoms. The highest BCUT2D eigenvalue weighted by atomic mass is 16.5. The van der Waals surface area contributed by atoms with E-state index in [1.807, 2.05) is 12.1 Å². The number of hydrogen-bond donors (Lipinski definition) is 1. The molecule has 1 saturated carbocycles. The number of hydrogen-bond acceptors (Lipinski definition) is 4. The van der Waals surface area contributed by atoms with Crippen molar-refractivity contribution in [2.75, 3.05) is 19.4 Å². The lowest BCUT2D eigenvalue weighted by Crippen LogP contribution is -2.55. The Hall–Kier alpha value is -2.24. The van der Waals surface area contributed by atoms with Crippen LogP contribution in [0.3, 0.4) is 0 Å². The van der Waals surface area contributed by atoms with Crippen LogP contribution in [0, 0.1) is 11.3 Å². The van der Waals surface area contributed by atoms with Crippen molar-refractivity contribution in [2.45, 2.75) is 69.1 Å². The van der Waals surface area contributed by atoms with Gasteiger partial charge < -0.3 is 15.0 Å². The fourth-order valence-corrected chi connectivity index (χ4v) is 7.39. The maximum atomic E-state index is 13.3. The Bertz CT molecular complexity index is 1060. The van der Waals surface area contributed by atoms with Gasteiger partial charge in [-0.1, -0.05) is 25.2 Å². The molecule has 5 nitrogen and oxygen atoms in total. The fraction of sp³-hybridized carbons (Fsp3) is 0.556. The van der Waals surface area contributed by atoms with Gasteiger partial charge >= 0.3 is 0 Å². The summed E-state index contributed by atoms with van der Waals surface area (Å²) >= 11 is 0. The molecule has 2 bridgehead atoms. The van der Waals surface area contributed by atoms with Gasteiger partial charge in [-0.25, -0.2) is 0 Å². The zero-order valence-corrected chi connectivity index (χ0v) is 19.4. The lowest BCUT2D eigenvalue weighted by molar-refractivity contribution is -0.137. The molecule has 1 aromatic rings. The molecule has 2 aliphatic heterocycles. The summed E-state index contributed by atoms with van der Waals surface area (Å²) in [6.45, 7) is 2.28. The number of carbonyl (C=O) groups excluding carboxylic acids is 1. The Morgan fingerprint density at radius 3 is 2.94 bits per heavy atom. The third kappa shape index (κ3) is 2.70. The second-order valence-electron chi connectivity index (χ2n) is 10.9. The van der Waals surface area contributed by atoms with E-state index >= 15 is 0 Å². The molecule has 0 aromatic carbocycles. The maximum absolute atomic E-state index is 13.3. The summed E-state index contributed by atoms with van der Waals surface area (Å²) in [5, 5.41) is 3.07. The van der Waals surface area contributed by atoms with E-state index in [9.17, 15) is 4.79 Å². The number of aromatic nitrogens is 1. The molecule has 1 aromatic heterocycles. The highest BCUT2D eigenvalue weighted by Crippen LogP contribution is 2.66. The van der Waals surface area contributed by atoms with E-state index < -0.39 is 0 Å². The summed E-state index contributed by atoms with van der Waals surface area (Å²) < 4.78 is 7.25. The highest BCUT2D eigenvalue weighted by molar-refractivity contribution is 6.05. The first kappa shape index (κ1) is 20.4. The summed E-state index contributed by atoms with van der Waals surface area (Å²) in [6.07, 6.45) is 17.9. The third-order valence-electron chi connectivity index (χ3n) is 9.14. The van der Waals surface area contributed by atoms with Gasteiger partial charge in [-0.3, -0.25) is 9.78 Å². The van der Waals surface area contributed by atoms with E-state index in [1.165, 1.54) is 17.6 Å². The van der Waals surface area contributed by atoms with Crippen LogP contribution < -0.4 is 5.32 Å². The molecule has 2 spiro atoms. The number of allylic oxidation sites excluding steroid dienone is 2. The summed E-state index contributed by atoms with van der Waals surface area (Å²) in [5.74, 6) is 0.308. The number of ether oxygens (including phenoxy) is 1. The van der Waals surface area contributed by atoms with E-state index in [2.05, 4.69) is 54.4 Å². The lowest BCUT2D eigenvalue weighted by Gasteiger charge is -2.54. The summed E-state index contributed by atoms with van der Waals surface area (Å²) in [7, 11) is 4.39. The van der Waals surface area contributed by atoms with Crippen LogP contribution in [0.5, 0.6) is 0 Å². The minimum Gasteiger partial charge on any atom is -0.359 e. The number of pyridine rings is 1. The molecule has 5 heteroatoms. The highest BCUT2D eigenvalue weighted by Gasteiger charge is 2.65. The first-order valence-corrected chi connectivity index (χ1v) is 12.1. The van der Waals surface area contributed by atoms with Gasteiger partial charge in [0.25, 0.3) is 5.91 Å². The molecule has 1 saturated heterocycles. The molecule has 5 atom stereocenters. The fourth-order valence-electron chi connectivity index (χ4n) is 7.39. The Labute approximate surface area is 190 Å². The summed E-state index contributed by atoms with van der Waals surface area (Å²) in [5.41, 5.74) is 3.98.